The van der Waals surface area contributed by atoms with Crippen molar-refractivity contribution in [3.05, 3.63) is 48.0 Å². The predicted molar refractivity (Wildman–Crippen MR) is 67.2 cm³/mol. The third-order valence-electron chi connectivity index (χ3n) is 2.37. The Morgan fingerprint density at radius 2 is 2.16 bits per heavy atom. The fourth-order valence-corrected chi connectivity index (χ4v) is 1.58. The molecule has 4 nitrogen and oxygen atoms in total. The van der Waals surface area contributed by atoms with E-state index < -0.39 is 6.61 Å². The molecule has 0 aliphatic heterocycles. The second-order valence-electron chi connectivity index (χ2n) is 3.86. The van der Waals surface area contributed by atoms with Gasteiger partial charge >= 0.3 is 6.61 Å². The van der Waals surface area contributed by atoms with Crippen LogP contribution >= 0.6 is 0 Å². The predicted octanol–water partition coefficient (Wildman–Crippen LogP) is 3.00. The number of halogens is 2. The van der Waals surface area contributed by atoms with Gasteiger partial charge in [0, 0.05) is 18.0 Å². The van der Waals surface area contributed by atoms with Crippen molar-refractivity contribution in [3.8, 4) is 5.75 Å². The van der Waals surface area contributed by atoms with Crippen molar-refractivity contribution < 1.29 is 13.5 Å². The van der Waals surface area contributed by atoms with Crippen molar-refractivity contribution in [2.45, 2.75) is 20.1 Å². The van der Waals surface area contributed by atoms with E-state index in [0.717, 1.165) is 5.69 Å². The highest BCUT2D eigenvalue weighted by Gasteiger charge is 2.04. The van der Waals surface area contributed by atoms with E-state index in [9.17, 15) is 8.78 Å². The largest absolute Gasteiger partial charge is 0.435 e. The summed E-state index contributed by atoms with van der Waals surface area (Å²) < 4.78 is 28.5. The minimum Gasteiger partial charge on any atom is -0.435 e. The van der Waals surface area contributed by atoms with Crippen molar-refractivity contribution in [3.63, 3.8) is 0 Å². The Morgan fingerprint density at radius 1 is 1.32 bits per heavy atom. The molecule has 1 aromatic carbocycles. The van der Waals surface area contributed by atoms with Crippen molar-refractivity contribution in [1.29, 1.82) is 0 Å². The van der Waals surface area contributed by atoms with Crippen LogP contribution in [0.3, 0.4) is 0 Å². The van der Waals surface area contributed by atoms with Gasteiger partial charge in [-0.1, -0.05) is 6.07 Å². The first-order chi connectivity index (χ1) is 9.13. The van der Waals surface area contributed by atoms with Gasteiger partial charge in [0.2, 0.25) is 0 Å². The van der Waals surface area contributed by atoms with Crippen molar-refractivity contribution in [1.82, 2.24) is 9.97 Å². The Morgan fingerprint density at radius 3 is 2.89 bits per heavy atom. The number of hydrogen-bond acceptors (Lipinski definition) is 4. The van der Waals surface area contributed by atoms with Gasteiger partial charge < -0.3 is 10.1 Å². The van der Waals surface area contributed by atoms with Crippen molar-refractivity contribution in [2.75, 3.05) is 5.32 Å². The molecule has 0 atom stereocenters. The van der Waals surface area contributed by atoms with Crippen LogP contribution in [-0.2, 0) is 6.54 Å². The molecule has 0 radical (unpaired) electrons. The normalized spacial score (nSPS) is 10.5. The molecular weight excluding hydrogens is 252 g/mol. The highest BCUT2D eigenvalue weighted by Crippen LogP contribution is 2.19. The minimum atomic E-state index is -2.82. The van der Waals surface area contributed by atoms with Crippen LogP contribution in [0.1, 0.15) is 11.5 Å². The number of alkyl halides is 2. The lowest BCUT2D eigenvalue weighted by Gasteiger charge is -2.09. The molecule has 0 unspecified atom stereocenters. The zero-order chi connectivity index (χ0) is 13.7. The molecule has 100 valence electrons. The first-order valence-electron chi connectivity index (χ1n) is 5.71. The number of anilines is 1. The maximum absolute atomic E-state index is 12.1. The molecule has 1 heterocycles. The average molecular weight is 265 g/mol. The Labute approximate surface area is 109 Å². The summed E-state index contributed by atoms with van der Waals surface area (Å²) >= 11 is 0. The summed E-state index contributed by atoms with van der Waals surface area (Å²) in [6.07, 6.45) is 1.68. The minimum absolute atomic E-state index is 0.124. The van der Waals surface area contributed by atoms with Gasteiger partial charge in [0.15, 0.2) is 0 Å². The van der Waals surface area contributed by atoms with Crippen LogP contribution in [0.25, 0.3) is 0 Å². The van der Waals surface area contributed by atoms with E-state index >= 15 is 0 Å². The molecule has 0 aliphatic carbocycles. The summed E-state index contributed by atoms with van der Waals surface area (Å²) in [4.78, 5) is 8.23. The quantitative estimate of drug-likeness (QED) is 0.902. The Balaban J connectivity index is 1.99. The van der Waals surface area contributed by atoms with E-state index in [2.05, 4.69) is 20.0 Å². The smallest absolute Gasteiger partial charge is 0.387 e. The molecule has 1 N–H and O–H groups in total. The third kappa shape index (κ3) is 4.17. The molecule has 1 aromatic heterocycles. The molecular formula is C13H13F2N3O. The number of rotatable bonds is 5. The van der Waals surface area contributed by atoms with E-state index in [1.807, 2.05) is 0 Å². The van der Waals surface area contributed by atoms with Crippen LogP contribution < -0.4 is 10.1 Å². The molecule has 2 rings (SSSR count). The number of ether oxygens (including phenoxy) is 1. The van der Waals surface area contributed by atoms with Gasteiger partial charge in [0.25, 0.3) is 0 Å². The summed E-state index contributed by atoms with van der Waals surface area (Å²) in [5, 5.41) is 3.09. The zero-order valence-corrected chi connectivity index (χ0v) is 10.3. The van der Waals surface area contributed by atoms with E-state index in [4.69, 9.17) is 0 Å². The van der Waals surface area contributed by atoms with E-state index in [0.29, 0.717) is 18.1 Å². The lowest BCUT2D eigenvalue weighted by molar-refractivity contribution is -0.0498. The fraction of sp³-hybridized carbons (Fsp3) is 0.231. The fourth-order valence-electron chi connectivity index (χ4n) is 1.58. The number of nitrogens with one attached hydrogen (secondary N) is 1. The van der Waals surface area contributed by atoms with Gasteiger partial charge in [-0.25, -0.2) is 9.97 Å². The number of hydrogen-bond donors (Lipinski definition) is 1. The van der Waals surface area contributed by atoms with Crippen molar-refractivity contribution >= 4 is 5.69 Å². The summed E-state index contributed by atoms with van der Waals surface area (Å²) in [6.45, 7) is -0.526. The molecule has 6 heteroatoms. The molecule has 2 aromatic rings. The van der Waals surface area contributed by atoms with Crippen LogP contribution in [0.2, 0.25) is 0 Å². The maximum atomic E-state index is 12.1. The Kier molecular flexibility index (Phi) is 4.22. The van der Waals surface area contributed by atoms with Crippen LogP contribution in [-0.4, -0.2) is 16.6 Å². The lowest BCUT2D eigenvalue weighted by Crippen LogP contribution is -2.05. The summed E-state index contributed by atoms with van der Waals surface area (Å²) in [6, 6.07) is 8.20. The van der Waals surface area contributed by atoms with Gasteiger partial charge in [-0.15, -0.1) is 0 Å². The first kappa shape index (κ1) is 13.2. The van der Waals surface area contributed by atoms with Gasteiger partial charge in [-0.2, -0.15) is 8.78 Å². The summed E-state index contributed by atoms with van der Waals surface area (Å²) in [7, 11) is 0. The Bertz CT molecular complexity index is 549. The Hall–Kier alpha value is -2.24. The standard InChI is InChI=1S/C13H13F2N3O/c1-9-16-6-5-11(18-9)8-17-10-3-2-4-12(7-10)19-13(14)15/h2-7,13,17H,8H2,1H3. The SMILES string of the molecule is Cc1nccc(CNc2cccc(OC(F)F)c2)n1. The van der Waals surface area contributed by atoms with E-state index in [1.54, 1.807) is 31.3 Å². The summed E-state index contributed by atoms with van der Waals surface area (Å²) in [5.41, 5.74) is 1.52. The molecule has 19 heavy (non-hydrogen) atoms. The van der Waals surface area contributed by atoms with Crippen LogP contribution in [0.4, 0.5) is 14.5 Å². The van der Waals surface area contributed by atoms with Crippen LogP contribution in [0.5, 0.6) is 5.75 Å². The molecule has 0 aliphatic rings. The zero-order valence-electron chi connectivity index (χ0n) is 10.3. The molecule has 0 bridgehead atoms. The molecule has 0 saturated carbocycles. The van der Waals surface area contributed by atoms with Crippen LogP contribution in [0.15, 0.2) is 36.5 Å². The van der Waals surface area contributed by atoms with Gasteiger partial charge in [0.1, 0.15) is 11.6 Å². The number of nitrogens with zero attached hydrogens (tertiary/aromatic N) is 2. The topological polar surface area (TPSA) is 47.0 Å². The molecule has 0 spiro atoms. The third-order valence-corrected chi connectivity index (χ3v) is 2.37. The highest BCUT2D eigenvalue weighted by atomic mass is 19.3. The first-order valence-corrected chi connectivity index (χ1v) is 5.71. The average Bonchev–Trinajstić information content (AvgIpc) is 2.36. The number of aromatic nitrogens is 2. The van der Waals surface area contributed by atoms with Gasteiger partial charge in [-0.3, -0.25) is 0 Å². The number of aryl methyl sites for hydroxylation is 1. The highest BCUT2D eigenvalue weighted by molar-refractivity contribution is 5.48. The number of benzene rings is 1. The summed E-state index contributed by atoms with van der Waals surface area (Å²) in [5.74, 6) is 0.813. The lowest BCUT2D eigenvalue weighted by atomic mass is 10.3. The second kappa shape index (κ2) is 6.08. The van der Waals surface area contributed by atoms with E-state index in [-0.39, 0.29) is 5.75 Å². The molecule has 0 amide bonds. The van der Waals surface area contributed by atoms with Crippen molar-refractivity contribution in [2.24, 2.45) is 0 Å². The van der Waals surface area contributed by atoms with Gasteiger partial charge in [-0.05, 0) is 25.1 Å². The van der Waals surface area contributed by atoms with Crippen LogP contribution in [0, 0.1) is 6.92 Å². The maximum Gasteiger partial charge on any atom is 0.387 e. The molecule has 0 saturated heterocycles. The van der Waals surface area contributed by atoms with Gasteiger partial charge in [0.05, 0.1) is 12.2 Å². The monoisotopic (exact) mass is 265 g/mol. The second-order valence-corrected chi connectivity index (χ2v) is 3.86. The molecule has 0 fully saturated rings. The van der Waals surface area contributed by atoms with E-state index in [1.165, 1.54) is 12.1 Å².